The Morgan fingerprint density at radius 3 is 2.65 bits per heavy atom. The summed E-state index contributed by atoms with van der Waals surface area (Å²) in [5.74, 6) is 0.773. The van der Waals surface area contributed by atoms with Gasteiger partial charge in [-0.05, 0) is 36.4 Å². The van der Waals surface area contributed by atoms with Gasteiger partial charge in [-0.2, -0.15) is 0 Å². The van der Waals surface area contributed by atoms with Gasteiger partial charge in [0, 0.05) is 36.4 Å². The largest absolute Gasteiger partial charge is 0.399 e. The average molecular weight is 265 g/mol. The van der Waals surface area contributed by atoms with E-state index in [9.17, 15) is 0 Å². The Morgan fingerprint density at radius 2 is 2.00 bits per heavy atom. The number of aromatic nitrogens is 3. The molecule has 5 heteroatoms. The second kappa shape index (κ2) is 5.05. The van der Waals surface area contributed by atoms with E-state index in [1.165, 1.54) is 0 Å². The highest BCUT2D eigenvalue weighted by Gasteiger charge is 2.07. The minimum absolute atomic E-state index is 0.728. The van der Waals surface area contributed by atoms with Crippen molar-refractivity contribution in [3.05, 3.63) is 54.9 Å². The minimum Gasteiger partial charge on any atom is -0.399 e. The molecule has 0 aliphatic carbocycles. The van der Waals surface area contributed by atoms with E-state index in [0.717, 1.165) is 28.5 Å². The zero-order valence-corrected chi connectivity index (χ0v) is 11.1. The van der Waals surface area contributed by atoms with Crippen LogP contribution in [0.3, 0.4) is 0 Å². The van der Waals surface area contributed by atoms with Crippen molar-refractivity contribution < 1.29 is 0 Å². The maximum Gasteiger partial charge on any atom is 0.155 e. The van der Waals surface area contributed by atoms with Crippen molar-refractivity contribution in [2.75, 3.05) is 17.7 Å². The number of benzene rings is 1. The van der Waals surface area contributed by atoms with Gasteiger partial charge in [0.05, 0.1) is 5.69 Å². The third-order valence-electron chi connectivity index (χ3n) is 3.15. The van der Waals surface area contributed by atoms with Gasteiger partial charge in [0.1, 0.15) is 0 Å². The van der Waals surface area contributed by atoms with Crippen LogP contribution in [0.25, 0.3) is 11.3 Å². The van der Waals surface area contributed by atoms with Crippen LogP contribution in [0.1, 0.15) is 0 Å². The number of H-pyrrole nitrogens is 1. The Bertz CT molecular complexity index is 689. The second-order valence-electron chi connectivity index (χ2n) is 4.53. The van der Waals surface area contributed by atoms with E-state index in [4.69, 9.17) is 5.73 Å². The number of nitrogens with two attached hydrogens (primary N) is 1. The van der Waals surface area contributed by atoms with Crippen molar-refractivity contribution >= 4 is 17.2 Å². The Morgan fingerprint density at radius 1 is 1.10 bits per heavy atom. The zero-order chi connectivity index (χ0) is 13.9. The smallest absolute Gasteiger partial charge is 0.155 e. The monoisotopic (exact) mass is 265 g/mol. The van der Waals surface area contributed by atoms with Gasteiger partial charge in [-0.25, -0.2) is 0 Å². The molecule has 20 heavy (non-hydrogen) atoms. The van der Waals surface area contributed by atoms with Crippen LogP contribution in [-0.4, -0.2) is 22.2 Å². The van der Waals surface area contributed by atoms with Crippen LogP contribution in [0, 0.1) is 0 Å². The molecule has 0 radical (unpaired) electrons. The molecule has 0 atom stereocenters. The van der Waals surface area contributed by atoms with E-state index in [1.54, 1.807) is 0 Å². The van der Waals surface area contributed by atoms with Crippen LogP contribution in [0.5, 0.6) is 0 Å². The van der Waals surface area contributed by atoms with Crippen LogP contribution >= 0.6 is 0 Å². The molecule has 5 nitrogen and oxygen atoms in total. The topological polar surface area (TPSA) is 70.8 Å². The molecule has 0 amide bonds. The van der Waals surface area contributed by atoms with Crippen LogP contribution < -0.4 is 10.6 Å². The molecule has 0 aliphatic heterocycles. The maximum absolute atomic E-state index is 5.80. The number of nitrogens with zero attached hydrogens (tertiary/aromatic N) is 3. The molecule has 2 heterocycles. The van der Waals surface area contributed by atoms with Gasteiger partial charge in [-0.3, -0.25) is 0 Å². The first-order valence-corrected chi connectivity index (χ1v) is 6.30. The Balaban J connectivity index is 1.87. The fourth-order valence-corrected chi connectivity index (χ4v) is 2.01. The molecule has 2 aromatic heterocycles. The summed E-state index contributed by atoms with van der Waals surface area (Å²) in [4.78, 5) is 4.95. The quantitative estimate of drug-likeness (QED) is 0.714. The number of hydrogen-bond donors (Lipinski definition) is 2. The van der Waals surface area contributed by atoms with Gasteiger partial charge < -0.3 is 15.6 Å². The van der Waals surface area contributed by atoms with Gasteiger partial charge in [0.25, 0.3) is 0 Å². The summed E-state index contributed by atoms with van der Waals surface area (Å²) in [6.07, 6.45) is 3.76. The molecule has 3 N–H and O–H groups in total. The van der Waals surface area contributed by atoms with Crippen molar-refractivity contribution in [2.24, 2.45) is 0 Å². The van der Waals surface area contributed by atoms with E-state index in [-0.39, 0.29) is 0 Å². The van der Waals surface area contributed by atoms with Crippen molar-refractivity contribution in [3.63, 3.8) is 0 Å². The van der Waals surface area contributed by atoms with Crippen molar-refractivity contribution in [3.8, 4) is 11.3 Å². The van der Waals surface area contributed by atoms with Crippen molar-refractivity contribution in [1.82, 2.24) is 15.2 Å². The lowest BCUT2D eigenvalue weighted by molar-refractivity contribution is 0.993. The first-order valence-electron chi connectivity index (χ1n) is 6.30. The molecule has 0 saturated carbocycles. The summed E-state index contributed by atoms with van der Waals surface area (Å²) in [6, 6.07) is 13.5. The summed E-state index contributed by atoms with van der Waals surface area (Å²) < 4.78 is 0. The number of anilines is 3. The van der Waals surface area contributed by atoms with Crippen LogP contribution in [0.15, 0.2) is 54.9 Å². The van der Waals surface area contributed by atoms with Gasteiger partial charge in [0.15, 0.2) is 5.82 Å². The van der Waals surface area contributed by atoms with E-state index in [0.29, 0.717) is 0 Å². The summed E-state index contributed by atoms with van der Waals surface area (Å²) in [5.41, 5.74) is 9.37. The molecule has 0 bridgehead atoms. The summed E-state index contributed by atoms with van der Waals surface area (Å²) >= 11 is 0. The van der Waals surface area contributed by atoms with Crippen LogP contribution in [0.4, 0.5) is 17.2 Å². The highest BCUT2D eigenvalue weighted by atomic mass is 15.2. The van der Waals surface area contributed by atoms with Gasteiger partial charge in [0.2, 0.25) is 0 Å². The van der Waals surface area contributed by atoms with Crippen LogP contribution in [-0.2, 0) is 0 Å². The van der Waals surface area contributed by atoms with Crippen molar-refractivity contribution in [2.45, 2.75) is 0 Å². The average Bonchev–Trinajstić information content (AvgIpc) is 3.01. The first kappa shape index (κ1) is 12.2. The fourth-order valence-electron chi connectivity index (χ4n) is 2.01. The SMILES string of the molecule is CN(c1cccc(N)c1)c1ccc(-c2cc[nH]c2)nn1. The molecule has 3 rings (SSSR count). The lowest BCUT2D eigenvalue weighted by Gasteiger charge is -2.18. The normalized spacial score (nSPS) is 10.4. The highest BCUT2D eigenvalue weighted by Crippen LogP contribution is 2.24. The number of hydrogen-bond acceptors (Lipinski definition) is 4. The first-order chi connectivity index (χ1) is 9.74. The number of nitrogen functional groups attached to an aromatic ring is 1. The summed E-state index contributed by atoms with van der Waals surface area (Å²) in [6.45, 7) is 0. The molecule has 3 aromatic rings. The molecule has 100 valence electrons. The predicted octanol–water partition coefficient (Wildman–Crippen LogP) is 2.82. The number of rotatable bonds is 3. The molecule has 0 aliphatic rings. The molecular formula is C15H15N5. The minimum atomic E-state index is 0.728. The molecular weight excluding hydrogens is 250 g/mol. The number of nitrogens with one attached hydrogen (secondary N) is 1. The maximum atomic E-state index is 5.80. The third kappa shape index (κ3) is 2.33. The lowest BCUT2D eigenvalue weighted by atomic mass is 10.2. The highest BCUT2D eigenvalue weighted by molar-refractivity contribution is 5.65. The Hall–Kier alpha value is -2.82. The molecule has 1 aromatic carbocycles. The van der Waals surface area contributed by atoms with Gasteiger partial charge >= 0.3 is 0 Å². The summed E-state index contributed by atoms with van der Waals surface area (Å²) in [7, 11) is 1.94. The molecule has 0 saturated heterocycles. The predicted molar refractivity (Wildman–Crippen MR) is 80.7 cm³/mol. The van der Waals surface area contributed by atoms with Gasteiger partial charge in [-0.1, -0.05) is 6.07 Å². The molecule has 0 unspecified atom stereocenters. The van der Waals surface area contributed by atoms with E-state index in [2.05, 4.69) is 15.2 Å². The van der Waals surface area contributed by atoms with Crippen LogP contribution in [0.2, 0.25) is 0 Å². The second-order valence-corrected chi connectivity index (χ2v) is 4.53. The van der Waals surface area contributed by atoms with Crippen molar-refractivity contribution in [1.29, 1.82) is 0 Å². The Labute approximate surface area is 117 Å². The van der Waals surface area contributed by atoms with Gasteiger partial charge in [-0.15, -0.1) is 10.2 Å². The van der Waals surface area contributed by atoms with E-state index >= 15 is 0 Å². The fraction of sp³-hybridized carbons (Fsp3) is 0.0667. The summed E-state index contributed by atoms with van der Waals surface area (Å²) in [5, 5.41) is 8.51. The Kier molecular flexibility index (Phi) is 3.09. The number of aromatic amines is 1. The molecule has 0 fully saturated rings. The molecule has 0 spiro atoms. The lowest BCUT2D eigenvalue weighted by Crippen LogP contribution is -2.12. The zero-order valence-electron chi connectivity index (χ0n) is 11.1. The standard InChI is InChI=1S/C15H15N5/c1-20(13-4-2-3-12(16)9-13)15-6-5-14(18-19-15)11-7-8-17-10-11/h2-10,17H,16H2,1H3. The third-order valence-corrected chi connectivity index (χ3v) is 3.15. The van der Waals surface area contributed by atoms with E-state index in [1.807, 2.05) is 66.8 Å². The van der Waals surface area contributed by atoms with E-state index < -0.39 is 0 Å².